The summed E-state index contributed by atoms with van der Waals surface area (Å²) in [5, 5.41) is -1.17. The fraction of sp³-hybridized carbons (Fsp3) is 0.750. The van der Waals surface area contributed by atoms with Gasteiger partial charge in [-0.3, -0.25) is 9.69 Å². The number of rotatable bonds is 4. The van der Waals surface area contributed by atoms with Gasteiger partial charge < -0.3 is 9.16 Å². The van der Waals surface area contributed by atoms with Crippen LogP contribution in [0.5, 0.6) is 0 Å². The van der Waals surface area contributed by atoms with E-state index >= 15 is 0 Å². The average molecular weight is 422 g/mol. The minimum atomic E-state index is -3.67. The molecule has 3 atom stereocenters. The highest BCUT2D eigenvalue weighted by Crippen LogP contribution is 2.50. The van der Waals surface area contributed by atoms with Crippen molar-refractivity contribution < 1.29 is 27.2 Å². The highest BCUT2D eigenvalue weighted by Gasteiger charge is 2.62. The van der Waals surface area contributed by atoms with Crippen LogP contribution in [0.1, 0.15) is 34.6 Å². The molecule has 0 unspecified atom stereocenters. The number of esters is 1. The average Bonchev–Trinajstić information content (AvgIpc) is 2.45. The van der Waals surface area contributed by atoms with Gasteiger partial charge >= 0.3 is 5.97 Å². The molecule has 0 aromatic carbocycles. The maximum absolute atomic E-state index is 12.8. The molecule has 148 valence electrons. The van der Waals surface area contributed by atoms with Crippen molar-refractivity contribution in [2.75, 3.05) is 7.11 Å². The standard InChI is InChI=1S/C16H27NO6S2Si/c1-9(23-26(7,8)16(3,4)5)11-13(18)17-12(15(19)22-6)10(2)24-25(20,21)14(11)17/h9,11,14H,1-8H3/t9-,11+,14-/m1/s1. The quantitative estimate of drug-likeness (QED) is 0.298. The van der Waals surface area contributed by atoms with Gasteiger partial charge in [0, 0.05) is 15.7 Å². The highest BCUT2D eigenvalue weighted by molar-refractivity contribution is 8.73. The first kappa shape index (κ1) is 21.5. The molecule has 0 radical (unpaired) electrons. The molecular weight excluding hydrogens is 394 g/mol. The number of ether oxygens (including phenoxy) is 1. The SMILES string of the molecule is COC(=O)C1=C(C)SS(=O)(=O)[C@@H]2[C@@H]([C@@H](C)O[Si](C)(C)C(C)(C)C)C(=O)N12. The van der Waals surface area contributed by atoms with Crippen LogP contribution in [0.15, 0.2) is 10.6 Å². The molecule has 1 amide bonds. The number of amides is 1. The van der Waals surface area contributed by atoms with Crippen LogP contribution < -0.4 is 0 Å². The molecule has 2 aliphatic heterocycles. The largest absolute Gasteiger partial charge is 0.464 e. The molecule has 7 nitrogen and oxygen atoms in total. The Bertz CT molecular complexity index is 768. The normalized spacial score (nSPS) is 26.9. The van der Waals surface area contributed by atoms with Crippen LogP contribution >= 0.6 is 10.8 Å². The van der Waals surface area contributed by atoms with Crippen LogP contribution in [0.25, 0.3) is 0 Å². The molecule has 1 fully saturated rings. The van der Waals surface area contributed by atoms with Gasteiger partial charge in [-0.15, -0.1) is 0 Å². The number of allylic oxidation sites excluding steroid dienone is 1. The molecule has 0 spiro atoms. The molecule has 26 heavy (non-hydrogen) atoms. The molecule has 0 N–H and O–H groups in total. The van der Waals surface area contributed by atoms with Crippen molar-refractivity contribution in [3.63, 3.8) is 0 Å². The topological polar surface area (TPSA) is 90.0 Å². The second-order valence-electron chi connectivity index (χ2n) is 8.18. The molecule has 0 aromatic heterocycles. The Morgan fingerprint density at radius 1 is 1.31 bits per heavy atom. The van der Waals surface area contributed by atoms with E-state index in [0.717, 1.165) is 4.90 Å². The Kier molecular flexibility index (Phi) is 5.48. The van der Waals surface area contributed by atoms with Crippen LogP contribution in [-0.2, 0) is 27.6 Å². The summed E-state index contributed by atoms with van der Waals surface area (Å²) in [6.07, 6.45) is -0.558. The van der Waals surface area contributed by atoms with E-state index in [1.54, 1.807) is 6.92 Å². The Morgan fingerprint density at radius 3 is 2.31 bits per heavy atom. The fourth-order valence-electron chi connectivity index (χ4n) is 2.95. The summed E-state index contributed by atoms with van der Waals surface area (Å²) in [5.41, 5.74) is 0.0121. The molecule has 0 bridgehead atoms. The summed E-state index contributed by atoms with van der Waals surface area (Å²) in [6.45, 7) is 13.6. The van der Waals surface area contributed by atoms with Crippen molar-refractivity contribution in [1.82, 2.24) is 4.90 Å². The number of carbonyl (C=O) groups excluding carboxylic acids is 2. The molecular formula is C16H27NO6S2Si. The molecule has 2 heterocycles. The lowest BCUT2D eigenvalue weighted by Crippen LogP contribution is -2.68. The predicted molar refractivity (Wildman–Crippen MR) is 103 cm³/mol. The van der Waals surface area contributed by atoms with E-state index in [1.165, 1.54) is 14.0 Å². The van der Waals surface area contributed by atoms with Crippen LogP contribution in [0.3, 0.4) is 0 Å². The summed E-state index contributed by atoms with van der Waals surface area (Å²) >= 11 is 0. The summed E-state index contributed by atoms with van der Waals surface area (Å²) < 4.78 is 36.3. The van der Waals surface area contributed by atoms with E-state index in [2.05, 4.69) is 33.9 Å². The smallest absolute Gasteiger partial charge is 0.355 e. The van der Waals surface area contributed by atoms with Gasteiger partial charge in [-0.1, -0.05) is 20.8 Å². The van der Waals surface area contributed by atoms with Gasteiger partial charge in [-0.25, -0.2) is 13.2 Å². The summed E-state index contributed by atoms with van der Waals surface area (Å²) in [6, 6.07) is 0. The van der Waals surface area contributed by atoms with Gasteiger partial charge in [-0.2, -0.15) is 0 Å². The Labute approximate surface area is 159 Å². The zero-order valence-corrected chi connectivity index (χ0v) is 19.1. The van der Waals surface area contributed by atoms with E-state index in [4.69, 9.17) is 9.16 Å². The number of carbonyl (C=O) groups is 2. The lowest BCUT2D eigenvalue weighted by Gasteiger charge is -2.51. The van der Waals surface area contributed by atoms with Gasteiger partial charge in [0.25, 0.3) is 0 Å². The van der Waals surface area contributed by atoms with Gasteiger partial charge in [0.05, 0.1) is 19.1 Å². The zero-order chi connectivity index (χ0) is 20.2. The maximum atomic E-state index is 12.8. The molecule has 0 aromatic rings. The third-order valence-electron chi connectivity index (χ3n) is 5.37. The number of β-lactam (4-membered cyclic amide) rings is 1. The predicted octanol–water partition coefficient (Wildman–Crippen LogP) is 2.66. The second kappa shape index (κ2) is 6.64. The Hall–Kier alpha value is -0.843. The molecule has 1 saturated heterocycles. The van der Waals surface area contributed by atoms with Gasteiger partial charge in [0.1, 0.15) is 5.70 Å². The first-order valence-corrected chi connectivity index (χ1v) is 14.2. The number of hydrogen-bond donors (Lipinski definition) is 0. The number of methoxy groups -OCH3 is 1. The van der Waals surface area contributed by atoms with Crippen molar-refractivity contribution in [2.45, 2.75) is 64.2 Å². The summed E-state index contributed by atoms with van der Waals surface area (Å²) in [4.78, 5) is 26.1. The van der Waals surface area contributed by atoms with Crippen molar-refractivity contribution >= 4 is 39.9 Å². The summed E-state index contributed by atoms with van der Waals surface area (Å²) in [7, 11) is -4.03. The number of hydrogen-bond acceptors (Lipinski definition) is 7. The van der Waals surface area contributed by atoms with E-state index in [1.807, 2.05) is 0 Å². The first-order valence-electron chi connectivity index (χ1n) is 8.39. The van der Waals surface area contributed by atoms with Gasteiger partial charge in [0.2, 0.25) is 14.8 Å². The number of fused-ring (bicyclic) bond motifs is 1. The van der Waals surface area contributed by atoms with Crippen molar-refractivity contribution in [1.29, 1.82) is 0 Å². The van der Waals surface area contributed by atoms with Crippen LogP contribution in [-0.4, -0.2) is 52.1 Å². The van der Waals surface area contributed by atoms with Crippen molar-refractivity contribution in [3.05, 3.63) is 10.6 Å². The second-order valence-corrected chi connectivity index (χ2v) is 17.1. The van der Waals surface area contributed by atoms with Crippen LogP contribution in [0.2, 0.25) is 18.1 Å². The van der Waals surface area contributed by atoms with Gasteiger partial charge in [-0.05, 0) is 32.0 Å². The van der Waals surface area contributed by atoms with Gasteiger partial charge in [0.15, 0.2) is 13.7 Å². The lowest BCUT2D eigenvalue weighted by atomic mass is 9.92. The lowest BCUT2D eigenvalue weighted by molar-refractivity contribution is -0.158. The number of nitrogens with zero attached hydrogens (tertiary/aromatic N) is 1. The molecule has 10 heteroatoms. The fourth-order valence-corrected chi connectivity index (χ4v) is 8.45. The van der Waals surface area contributed by atoms with Crippen LogP contribution in [0, 0.1) is 5.92 Å². The first-order chi connectivity index (χ1) is 11.7. The van der Waals surface area contributed by atoms with E-state index in [9.17, 15) is 18.0 Å². The van der Waals surface area contributed by atoms with Crippen molar-refractivity contribution in [3.8, 4) is 0 Å². The molecule has 0 aliphatic carbocycles. The van der Waals surface area contributed by atoms with Crippen LogP contribution in [0.4, 0.5) is 0 Å². The van der Waals surface area contributed by atoms with E-state index < -0.39 is 46.5 Å². The summed E-state index contributed by atoms with van der Waals surface area (Å²) in [5.74, 6) is -1.95. The third-order valence-corrected chi connectivity index (χ3v) is 13.7. The van der Waals surface area contributed by atoms with Crippen molar-refractivity contribution in [2.24, 2.45) is 5.92 Å². The molecule has 0 saturated carbocycles. The Morgan fingerprint density at radius 2 is 1.85 bits per heavy atom. The monoisotopic (exact) mass is 421 g/mol. The minimum absolute atomic E-state index is 0.0121. The third kappa shape index (κ3) is 3.36. The van der Waals surface area contributed by atoms with E-state index in [-0.39, 0.29) is 15.6 Å². The zero-order valence-electron chi connectivity index (χ0n) is 16.4. The van der Waals surface area contributed by atoms with E-state index in [0.29, 0.717) is 10.8 Å². The maximum Gasteiger partial charge on any atom is 0.355 e. The molecule has 2 aliphatic rings. The Balaban J connectivity index is 2.36. The molecule has 2 rings (SSSR count). The highest BCUT2D eigenvalue weighted by atomic mass is 33.1. The minimum Gasteiger partial charge on any atom is -0.464 e.